The van der Waals surface area contributed by atoms with E-state index in [2.05, 4.69) is 48.0 Å². The van der Waals surface area contributed by atoms with Crippen LogP contribution >= 0.6 is 27.3 Å². The summed E-state index contributed by atoms with van der Waals surface area (Å²) in [7, 11) is 0. The third-order valence-electron chi connectivity index (χ3n) is 2.62. The molecule has 0 amide bonds. The van der Waals surface area contributed by atoms with E-state index in [4.69, 9.17) is 5.73 Å². The molecule has 84 valence electrons. The molecule has 1 aromatic heterocycles. The molecule has 0 fully saturated rings. The molecule has 1 nitrogen and oxygen atoms in total. The fourth-order valence-electron chi connectivity index (χ4n) is 1.84. The van der Waals surface area contributed by atoms with Gasteiger partial charge in [0.2, 0.25) is 0 Å². The highest BCUT2D eigenvalue weighted by Crippen LogP contribution is 2.29. The second-order valence-electron chi connectivity index (χ2n) is 3.90. The van der Waals surface area contributed by atoms with Crippen LogP contribution in [-0.2, 0) is 0 Å². The topological polar surface area (TPSA) is 26.0 Å². The zero-order valence-corrected chi connectivity index (χ0v) is 11.7. The van der Waals surface area contributed by atoms with Crippen molar-refractivity contribution < 1.29 is 0 Å². The zero-order chi connectivity index (χ0) is 11.7. The fourth-order valence-corrected chi connectivity index (χ4v) is 3.23. The molecular weight excluding hydrogens is 282 g/mol. The van der Waals surface area contributed by atoms with E-state index in [-0.39, 0.29) is 6.04 Å². The van der Waals surface area contributed by atoms with Crippen molar-refractivity contribution >= 4 is 27.3 Å². The van der Waals surface area contributed by atoms with E-state index in [9.17, 15) is 0 Å². The SMILES string of the molecule is Cc1cc(C(N)c2cccc(Br)c2)c(C)s1. The first-order chi connectivity index (χ1) is 7.58. The van der Waals surface area contributed by atoms with Crippen molar-refractivity contribution in [3.8, 4) is 0 Å². The average molecular weight is 296 g/mol. The van der Waals surface area contributed by atoms with Gasteiger partial charge in [-0.05, 0) is 43.2 Å². The van der Waals surface area contributed by atoms with E-state index in [1.807, 2.05) is 12.1 Å². The van der Waals surface area contributed by atoms with Crippen molar-refractivity contribution in [2.45, 2.75) is 19.9 Å². The van der Waals surface area contributed by atoms with Gasteiger partial charge in [-0.1, -0.05) is 28.1 Å². The summed E-state index contributed by atoms with van der Waals surface area (Å²) in [5, 5.41) is 0. The maximum atomic E-state index is 6.29. The Kier molecular flexibility index (Phi) is 3.47. The van der Waals surface area contributed by atoms with Gasteiger partial charge >= 0.3 is 0 Å². The molecule has 16 heavy (non-hydrogen) atoms. The monoisotopic (exact) mass is 295 g/mol. The first kappa shape index (κ1) is 11.8. The lowest BCUT2D eigenvalue weighted by Crippen LogP contribution is -2.11. The number of halogens is 1. The van der Waals surface area contributed by atoms with Gasteiger partial charge in [0.25, 0.3) is 0 Å². The molecule has 0 aliphatic rings. The Bertz CT molecular complexity index is 504. The van der Waals surface area contributed by atoms with E-state index >= 15 is 0 Å². The summed E-state index contributed by atoms with van der Waals surface area (Å²) < 4.78 is 1.07. The molecule has 0 bridgehead atoms. The second kappa shape index (κ2) is 4.70. The first-order valence-electron chi connectivity index (χ1n) is 5.16. The van der Waals surface area contributed by atoms with E-state index in [0.717, 1.165) is 10.0 Å². The summed E-state index contributed by atoms with van der Waals surface area (Å²) in [6.07, 6.45) is 0. The van der Waals surface area contributed by atoms with Crippen molar-refractivity contribution in [2.24, 2.45) is 5.73 Å². The molecule has 0 aliphatic heterocycles. The Hall–Kier alpha value is -0.640. The number of rotatable bonds is 2. The van der Waals surface area contributed by atoms with Gasteiger partial charge in [-0.15, -0.1) is 11.3 Å². The molecule has 1 aromatic carbocycles. The Morgan fingerprint density at radius 2 is 2.00 bits per heavy atom. The van der Waals surface area contributed by atoms with Gasteiger partial charge in [0.15, 0.2) is 0 Å². The summed E-state index contributed by atoms with van der Waals surface area (Å²) in [5.41, 5.74) is 8.67. The number of aryl methyl sites for hydroxylation is 2. The van der Waals surface area contributed by atoms with Crippen molar-refractivity contribution in [1.29, 1.82) is 0 Å². The maximum Gasteiger partial charge on any atom is 0.0563 e. The van der Waals surface area contributed by atoms with Crippen LogP contribution in [0, 0.1) is 13.8 Å². The summed E-state index contributed by atoms with van der Waals surface area (Å²) in [4.78, 5) is 2.63. The van der Waals surface area contributed by atoms with Gasteiger partial charge in [0.05, 0.1) is 6.04 Å². The molecular formula is C13H14BrNS. The number of hydrogen-bond acceptors (Lipinski definition) is 2. The molecule has 2 N–H and O–H groups in total. The lowest BCUT2D eigenvalue weighted by Gasteiger charge is -2.12. The van der Waals surface area contributed by atoms with Crippen LogP contribution in [0.15, 0.2) is 34.8 Å². The van der Waals surface area contributed by atoms with Crippen LogP contribution in [0.5, 0.6) is 0 Å². The first-order valence-corrected chi connectivity index (χ1v) is 6.77. The van der Waals surface area contributed by atoms with E-state index in [0.29, 0.717) is 0 Å². The predicted octanol–water partition coefficient (Wildman–Crippen LogP) is 4.18. The normalized spacial score (nSPS) is 12.8. The van der Waals surface area contributed by atoms with Gasteiger partial charge in [-0.2, -0.15) is 0 Å². The third kappa shape index (κ3) is 2.37. The van der Waals surface area contributed by atoms with Crippen LogP contribution < -0.4 is 5.73 Å². The predicted molar refractivity (Wildman–Crippen MR) is 74.0 cm³/mol. The molecule has 1 atom stereocenters. The van der Waals surface area contributed by atoms with Gasteiger partial charge in [0, 0.05) is 14.2 Å². The Morgan fingerprint density at radius 1 is 1.25 bits per heavy atom. The van der Waals surface area contributed by atoms with Crippen molar-refractivity contribution in [1.82, 2.24) is 0 Å². The summed E-state index contributed by atoms with van der Waals surface area (Å²) in [5.74, 6) is 0. The fraction of sp³-hybridized carbons (Fsp3) is 0.231. The minimum Gasteiger partial charge on any atom is -0.320 e. The van der Waals surface area contributed by atoms with Crippen molar-refractivity contribution in [3.63, 3.8) is 0 Å². The lowest BCUT2D eigenvalue weighted by molar-refractivity contribution is 0.868. The number of benzene rings is 1. The van der Waals surface area contributed by atoms with E-state index in [1.165, 1.54) is 15.3 Å². The van der Waals surface area contributed by atoms with Crippen molar-refractivity contribution in [2.75, 3.05) is 0 Å². The molecule has 1 heterocycles. The molecule has 0 spiro atoms. The molecule has 1 unspecified atom stereocenters. The molecule has 3 heteroatoms. The number of thiophene rings is 1. The van der Waals surface area contributed by atoms with Crippen LogP contribution in [0.2, 0.25) is 0 Å². The van der Waals surface area contributed by atoms with Crippen LogP contribution in [0.1, 0.15) is 26.9 Å². The minimum atomic E-state index is -0.0255. The average Bonchev–Trinajstić information content (AvgIpc) is 2.57. The largest absolute Gasteiger partial charge is 0.320 e. The van der Waals surface area contributed by atoms with Crippen LogP contribution in [0.25, 0.3) is 0 Å². The Morgan fingerprint density at radius 3 is 2.56 bits per heavy atom. The third-order valence-corrected chi connectivity index (χ3v) is 4.10. The number of nitrogens with two attached hydrogens (primary N) is 1. The van der Waals surface area contributed by atoms with Crippen LogP contribution in [-0.4, -0.2) is 0 Å². The van der Waals surface area contributed by atoms with E-state index in [1.54, 1.807) is 11.3 Å². The quantitative estimate of drug-likeness (QED) is 0.884. The number of hydrogen-bond donors (Lipinski definition) is 1. The zero-order valence-electron chi connectivity index (χ0n) is 9.33. The highest BCUT2D eigenvalue weighted by molar-refractivity contribution is 9.10. The highest BCUT2D eigenvalue weighted by Gasteiger charge is 2.13. The smallest absolute Gasteiger partial charge is 0.0563 e. The van der Waals surface area contributed by atoms with Gasteiger partial charge < -0.3 is 5.73 Å². The molecule has 2 rings (SSSR count). The minimum absolute atomic E-state index is 0.0255. The van der Waals surface area contributed by atoms with Crippen molar-refractivity contribution in [3.05, 3.63) is 55.7 Å². The maximum absolute atomic E-state index is 6.29. The molecule has 0 saturated carbocycles. The Labute approximate surface area is 108 Å². The van der Waals surface area contributed by atoms with Crippen LogP contribution in [0.4, 0.5) is 0 Å². The van der Waals surface area contributed by atoms with Gasteiger partial charge in [0.1, 0.15) is 0 Å². The summed E-state index contributed by atoms with van der Waals surface area (Å²) >= 11 is 5.28. The summed E-state index contributed by atoms with van der Waals surface area (Å²) in [6.45, 7) is 4.25. The van der Waals surface area contributed by atoms with Crippen LogP contribution in [0.3, 0.4) is 0 Å². The highest BCUT2D eigenvalue weighted by atomic mass is 79.9. The lowest BCUT2D eigenvalue weighted by atomic mass is 10.0. The molecule has 0 radical (unpaired) electrons. The molecule has 2 aromatic rings. The van der Waals surface area contributed by atoms with E-state index < -0.39 is 0 Å². The second-order valence-corrected chi connectivity index (χ2v) is 6.28. The molecule has 0 saturated heterocycles. The van der Waals surface area contributed by atoms with Gasteiger partial charge in [-0.3, -0.25) is 0 Å². The summed E-state index contributed by atoms with van der Waals surface area (Å²) in [6, 6.07) is 10.3. The Balaban J connectivity index is 2.38. The van der Waals surface area contributed by atoms with Gasteiger partial charge in [-0.25, -0.2) is 0 Å². The molecule has 0 aliphatic carbocycles. The standard InChI is InChI=1S/C13H14BrNS/c1-8-6-12(9(2)16-8)13(15)10-4-3-5-11(14)7-10/h3-7,13H,15H2,1-2H3.